The van der Waals surface area contributed by atoms with Crippen molar-refractivity contribution in [3.63, 3.8) is 0 Å². The van der Waals surface area contributed by atoms with Gasteiger partial charge in [0.15, 0.2) is 0 Å². The van der Waals surface area contributed by atoms with Crippen LogP contribution < -0.4 is 5.32 Å². The van der Waals surface area contributed by atoms with Crippen LogP contribution in [0.4, 0.5) is 0 Å². The van der Waals surface area contributed by atoms with Gasteiger partial charge in [-0.3, -0.25) is 4.98 Å². The molecule has 0 spiro atoms. The van der Waals surface area contributed by atoms with Crippen molar-refractivity contribution in [2.45, 2.75) is 39.2 Å². The summed E-state index contributed by atoms with van der Waals surface area (Å²) in [7, 11) is 0. The molecule has 2 heteroatoms. The molecule has 1 aromatic rings. The summed E-state index contributed by atoms with van der Waals surface area (Å²) in [6, 6.07) is 6.59. The summed E-state index contributed by atoms with van der Waals surface area (Å²) < 4.78 is 0. The zero-order valence-corrected chi connectivity index (χ0v) is 9.33. The summed E-state index contributed by atoms with van der Waals surface area (Å²) in [4.78, 5) is 4.37. The van der Waals surface area contributed by atoms with Crippen LogP contribution in [0.1, 0.15) is 38.8 Å². The topological polar surface area (TPSA) is 24.9 Å². The van der Waals surface area contributed by atoms with E-state index < -0.39 is 0 Å². The third-order valence-electron chi connectivity index (χ3n) is 2.62. The largest absolute Gasteiger partial charge is 0.314 e. The van der Waals surface area contributed by atoms with Crippen molar-refractivity contribution in [2.75, 3.05) is 6.54 Å². The molecule has 2 atom stereocenters. The van der Waals surface area contributed by atoms with Crippen LogP contribution in [0.25, 0.3) is 0 Å². The van der Waals surface area contributed by atoms with Gasteiger partial charge >= 0.3 is 0 Å². The molecule has 0 aliphatic heterocycles. The number of aromatic nitrogens is 1. The zero-order valence-electron chi connectivity index (χ0n) is 9.33. The lowest BCUT2D eigenvalue weighted by Crippen LogP contribution is -2.31. The van der Waals surface area contributed by atoms with Crippen LogP contribution in [0.5, 0.6) is 0 Å². The second-order valence-corrected chi connectivity index (χ2v) is 3.79. The summed E-state index contributed by atoms with van der Waals surface area (Å²) in [6.07, 6.45) is 3.04. The molecule has 0 aliphatic rings. The molecule has 0 bridgehead atoms. The number of hydrogen-bond acceptors (Lipinski definition) is 2. The Bertz CT molecular complexity index is 246. The minimum absolute atomic E-state index is 0.475. The van der Waals surface area contributed by atoms with Gasteiger partial charge in [-0.05, 0) is 32.0 Å². The molecule has 1 heterocycles. The van der Waals surface area contributed by atoms with Crippen molar-refractivity contribution >= 4 is 0 Å². The van der Waals surface area contributed by atoms with Crippen molar-refractivity contribution in [1.82, 2.24) is 10.3 Å². The Morgan fingerprint density at radius 3 is 2.71 bits per heavy atom. The van der Waals surface area contributed by atoms with Crippen LogP contribution in [0, 0.1) is 0 Å². The fourth-order valence-corrected chi connectivity index (χ4v) is 1.45. The van der Waals surface area contributed by atoms with Gasteiger partial charge in [-0.2, -0.15) is 0 Å². The smallest absolute Gasteiger partial charge is 0.0447 e. The Hall–Kier alpha value is -0.890. The van der Waals surface area contributed by atoms with Crippen LogP contribution in [-0.4, -0.2) is 17.6 Å². The van der Waals surface area contributed by atoms with E-state index in [1.165, 1.54) is 12.1 Å². The number of nitrogens with zero attached hydrogens (tertiary/aromatic N) is 1. The quantitative estimate of drug-likeness (QED) is 0.775. The monoisotopic (exact) mass is 192 g/mol. The van der Waals surface area contributed by atoms with Crippen molar-refractivity contribution in [1.29, 1.82) is 0 Å². The van der Waals surface area contributed by atoms with E-state index in [4.69, 9.17) is 0 Å². The molecule has 2 nitrogen and oxygen atoms in total. The van der Waals surface area contributed by atoms with Crippen LogP contribution in [-0.2, 0) is 0 Å². The zero-order chi connectivity index (χ0) is 10.4. The Kier molecular flexibility index (Phi) is 4.60. The number of rotatable bonds is 5. The lowest BCUT2D eigenvalue weighted by atomic mass is 9.99. The first kappa shape index (κ1) is 11.2. The molecule has 0 aliphatic carbocycles. The van der Waals surface area contributed by atoms with Gasteiger partial charge in [0.1, 0.15) is 0 Å². The average molecular weight is 192 g/mol. The molecule has 0 saturated carbocycles. The van der Waals surface area contributed by atoms with Gasteiger partial charge in [0.05, 0.1) is 0 Å². The van der Waals surface area contributed by atoms with Crippen LogP contribution in [0.3, 0.4) is 0 Å². The summed E-state index contributed by atoms with van der Waals surface area (Å²) in [5, 5.41) is 3.49. The van der Waals surface area contributed by atoms with Gasteiger partial charge in [-0.1, -0.05) is 19.9 Å². The Labute approximate surface area is 86.8 Å². The molecule has 2 unspecified atom stereocenters. The van der Waals surface area contributed by atoms with Crippen molar-refractivity contribution in [2.24, 2.45) is 0 Å². The average Bonchev–Trinajstić information content (AvgIpc) is 2.26. The minimum atomic E-state index is 0.475. The van der Waals surface area contributed by atoms with E-state index in [0.29, 0.717) is 12.0 Å². The van der Waals surface area contributed by atoms with E-state index in [1.807, 2.05) is 18.3 Å². The molecular weight excluding hydrogens is 172 g/mol. The predicted molar refractivity (Wildman–Crippen MR) is 60.4 cm³/mol. The van der Waals surface area contributed by atoms with Crippen molar-refractivity contribution in [3.8, 4) is 0 Å². The van der Waals surface area contributed by atoms with Crippen LogP contribution in [0.2, 0.25) is 0 Å². The highest BCUT2D eigenvalue weighted by atomic mass is 14.9. The van der Waals surface area contributed by atoms with E-state index in [1.54, 1.807) is 0 Å². The van der Waals surface area contributed by atoms with E-state index >= 15 is 0 Å². The molecule has 0 aromatic carbocycles. The molecule has 0 saturated heterocycles. The third kappa shape index (κ3) is 3.11. The maximum atomic E-state index is 4.37. The first-order valence-corrected chi connectivity index (χ1v) is 5.40. The number of nitrogens with one attached hydrogen (secondary N) is 1. The first-order valence-electron chi connectivity index (χ1n) is 5.40. The maximum absolute atomic E-state index is 4.37. The summed E-state index contributed by atoms with van der Waals surface area (Å²) >= 11 is 0. The highest BCUT2D eigenvalue weighted by Gasteiger charge is 2.13. The molecule has 1 rings (SSSR count). The van der Waals surface area contributed by atoms with Gasteiger partial charge < -0.3 is 5.32 Å². The van der Waals surface area contributed by atoms with E-state index in [9.17, 15) is 0 Å². The Morgan fingerprint density at radius 1 is 1.36 bits per heavy atom. The fourth-order valence-electron chi connectivity index (χ4n) is 1.45. The molecule has 0 fully saturated rings. The van der Waals surface area contributed by atoms with Crippen LogP contribution in [0.15, 0.2) is 24.4 Å². The van der Waals surface area contributed by atoms with Crippen molar-refractivity contribution < 1.29 is 0 Å². The maximum Gasteiger partial charge on any atom is 0.0447 e. The molecule has 14 heavy (non-hydrogen) atoms. The SMILES string of the molecule is CCCNC(C)C(C)c1ccccn1. The van der Waals surface area contributed by atoms with E-state index in [-0.39, 0.29) is 0 Å². The van der Waals surface area contributed by atoms with Crippen LogP contribution >= 0.6 is 0 Å². The standard InChI is InChI=1S/C12H20N2/c1-4-8-13-11(3)10(2)12-7-5-6-9-14-12/h5-7,9-11,13H,4,8H2,1-3H3. The fraction of sp³-hybridized carbons (Fsp3) is 0.583. The lowest BCUT2D eigenvalue weighted by Gasteiger charge is -2.20. The Morgan fingerprint density at radius 2 is 2.14 bits per heavy atom. The molecule has 0 amide bonds. The molecule has 78 valence electrons. The van der Waals surface area contributed by atoms with Gasteiger partial charge in [0, 0.05) is 23.9 Å². The third-order valence-corrected chi connectivity index (χ3v) is 2.62. The lowest BCUT2D eigenvalue weighted by molar-refractivity contribution is 0.475. The molecule has 0 radical (unpaired) electrons. The summed E-state index contributed by atoms with van der Waals surface area (Å²) in [6.45, 7) is 7.70. The van der Waals surface area contributed by atoms with Gasteiger partial charge in [-0.25, -0.2) is 0 Å². The number of pyridine rings is 1. The first-order chi connectivity index (χ1) is 6.75. The minimum Gasteiger partial charge on any atom is -0.314 e. The second-order valence-electron chi connectivity index (χ2n) is 3.79. The molecule has 1 aromatic heterocycles. The predicted octanol–water partition coefficient (Wildman–Crippen LogP) is 2.57. The van der Waals surface area contributed by atoms with E-state index in [0.717, 1.165) is 6.54 Å². The van der Waals surface area contributed by atoms with Gasteiger partial charge in [-0.15, -0.1) is 0 Å². The Balaban J connectivity index is 2.52. The van der Waals surface area contributed by atoms with Gasteiger partial charge in [0.2, 0.25) is 0 Å². The summed E-state index contributed by atoms with van der Waals surface area (Å²) in [5.41, 5.74) is 1.17. The number of hydrogen-bond donors (Lipinski definition) is 1. The summed E-state index contributed by atoms with van der Waals surface area (Å²) in [5.74, 6) is 0.475. The normalized spacial score (nSPS) is 15.1. The second kappa shape index (κ2) is 5.76. The molecule has 1 N–H and O–H groups in total. The van der Waals surface area contributed by atoms with E-state index in [2.05, 4.69) is 37.1 Å². The highest BCUT2D eigenvalue weighted by molar-refractivity contribution is 5.10. The van der Waals surface area contributed by atoms with Gasteiger partial charge in [0.25, 0.3) is 0 Å². The highest BCUT2D eigenvalue weighted by Crippen LogP contribution is 2.15. The van der Waals surface area contributed by atoms with Crippen molar-refractivity contribution in [3.05, 3.63) is 30.1 Å². The molecular formula is C12H20N2.